The van der Waals surface area contributed by atoms with E-state index in [0.29, 0.717) is 27.7 Å². The summed E-state index contributed by atoms with van der Waals surface area (Å²) in [5, 5.41) is 57.4. The molecule has 4 rings (SSSR count). The number of hydrogen-bond acceptors (Lipinski definition) is 14. The van der Waals surface area contributed by atoms with E-state index in [9.17, 15) is 49.5 Å². The van der Waals surface area contributed by atoms with Gasteiger partial charge in [-0.1, -0.05) is 24.3 Å². The third-order valence-corrected chi connectivity index (χ3v) is 6.80. The van der Waals surface area contributed by atoms with Crippen LogP contribution in [0.1, 0.15) is 15.9 Å². The maximum Gasteiger partial charge on any atom is 1.00 e. The molecule has 0 spiro atoms. The van der Waals surface area contributed by atoms with Crippen molar-refractivity contribution in [1.82, 2.24) is 4.98 Å². The molecule has 20 heteroatoms. The summed E-state index contributed by atoms with van der Waals surface area (Å²) in [6.45, 7) is -1.76. The van der Waals surface area contributed by atoms with E-state index in [1.807, 2.05) is 0 Å². The summed E-state index contributed by atoms with van der Waals surface area (Å²) >= 11 is 0. The summed E-state index contributed by atoms with van der Waals surface area (Å²) in [4.78, 5) is 61.8. The number of nitrogens with zero attached hydrogens (tertiary/aromatic N) is 2. The Kier molecular flexibility index (Phi) is 29.7. The first-order chi connectivity index (χ1) is 22.3. The van der Waals surface area contributed by atoms with E-state index in [1.54, 1.807) is 37.3 Å². The Morgan fingerprint density at radius 1 is 0.596 bits per heavy atom. The standard InChI is InChI=1S/C32H31N3O12.5K/c1-18-2-6-24(34(14-28(36)37)15-29(38)39)26(10-18)46-8-9-47-27-13-20(5-7-25(27)35(16-30(40)41)17-31(42)43)22-11-19-3-4-21(32(44)45)12-23(19)33-22;;;;;/h2-7,10-13,33H,8-9,14-17H2,1H3,(H,36,37)(H,38,39)(H,40,41)(H,42,43)(H,44,45);;;;;/q;5*+1/p-5. The zero-order chi connectivity index (χ0) is 34.2. The summed E-state index contributed by atoms with van der Waals surface area (Å²) < 4.78 is 11.8. The normalized spacial score (nSPS) is 9.71. The van der Waals surface area contributed by atoms with E-state index < -0.39 is 56.0 Å². The third kappa shape index (κ3) is 17.4. The Balaban J connectivity index is 0. The van der Waals surface area contributed by atoms with Gasteiger partial charge >= 0.3 is 257 Å². The number of nitrogens with one attached hydrogen (secondary N) is 1. The number of anilines is 2. The molecule has 3 aromatic carbocycles. The van der Waals surface area contributed by atoms with Gasteiger partial charge < -0.3 is 73.8 Å². The van der Waals surface area contributed by atoms with Crippen molar-refractivity contribution in [1.29, 1.82) is 0 Å². The first-order valence-corrected chi connectivity index (χ1v) is 13.9. The topological polar surface area (TPSA) is 241 Å². The minimum absolute atomic E-state index is 0. The Labute approximate surface area is 511 Å². The molecule has 246 valence electrons. The van der Waals surface area contributed by atoms with Crippen molar-refractivity contribution in [3.63, 3.8) is 0 Å². The fraction of sp³-hybridized carbons (Fsp3) is 0.219. The molecule has 15 nitrogen and oxygen atoms in total. The van der Waals surface area contributed by atoms with Gasteiger partial charge in [-0.05, 0) is 54.4 Å². The minimum atomic E-state index is -1.56. The van der Waals surface area contributed by atoms with Gasteiger partial charge in [0, 0.05) is 22.2 Å². The van der Waals surface area contributed by atoms with Gasteiger partial charge in [0.2, 0.25) is 0 Å². The monoisotopic (exact) mass is 839 g/mol. The molecule has 0 unspecified atom stereocenters. The molecule has 1 aromatic heterocycles. The van der Waals surface area contributed by atoms with Crippen molar-refractivity contribution < 1.29 is 316 Å². The van der Waals surface area contributed by atoms with Crippen LogP contribution in [0, 0.1) is 6.92 Å². The second-order valence-electron chi connectivity index (χ2n) is 10.3. The molecule has 0 radical (unpaired) electrons. The van der Waals surface area contributed by atoms with Crippen molar-refractivity contribution in [2.45, 2.75) is 6.92 Å². The number of aromatic carboxylic acids is 1. The summed E-state index contributed by atoms with van der Waals surface area (Å²) in [7, 11) is 0. The van der Waals surface area contributed by atoms with E-state index in [1.165, 1.54) is 30.3 Å². The maximum absolute atomic E-state index is 11.4. The van der Waals surface area contributed by atoms with Gasteiger partial charge in [-0.15, -0.1) is 0 Å². The van der Waals surface area contributed by atoms with Gasteiger partial charge in [0.05, 0.1) is 67.4 Å². The largest absolute Gasteiger partial charge is 1.00 e. The molecule has 1 heterocycles. The third-order valence-electron chi connectivity index (χ3n) is 6.80. The van der Waals surface area contributed by atoms with Crippen molar-refractivity contribution in [2.24, 2.45) is 0 Å². The minimum Gasteiger partial charge on any atom is -0.548 e. The first-order valence-electron chi connectivity index (χ1n) is 13.9. The van der Waals surface area contributed by atoms with Crippen LogP contribution in [-0.2, 0) is 19.2 Å². The summed E-state index contributed by atoms with van der Waals surface area (Å²) in [6.07, 6.45) is 0. The molecular weight excluding hydrogens is 814 g/mol. The summed E-state index contributed by atoms with van der Waals surface area (Å²) in [5.74, 6) is -7.35. The molecule has 0 amide bonds. The van der Waals surface area contributed by atoms with Gasteiger partial charge in [0.15, 0.2) is 0 Å². The maximum atomic E-state index is 11.4. The first kappa shape index (κ1) is 56.0. The molecule has 0 saturated carbocycles. The van der Waals surface area contributed by atoms with Gasteiger partial charge in [-0.3, -0.25) is 0 Å². The van der Waals surface area contributed by atoms with Crippen LogP contribution in [0.3, 0.4) is 0 Å². The molecule has 0 bridgehead atoms. The average Bonchev–Trinajstić information content (AvgIpc) is 3.41. The van der Waals surface area contributed by atoms with Crippen LogP contribution in [-0.4, -0.2) is 74.2 Å². The van der Waals surface area contributed by atoms with Gasteiger partial charge in [0.25, 0.3) is 0 Å². The average molecular weight is 840 g/mol. The van der Waals surface area contributed by atoms with Crippen molar-refractivity contribution >= 4 is 52.1 Å². The number of carboxylic acids is 5. The molecule has 4 aromatic rings. The fourth-order valence-corrected chi connectivity index (χ4v) is 4.85. The number of ether oxygens (including phenoxy) is 2. The molecular formula is C32H26K5N3O12. The van der Waals surface area contributed by atoms with Crippen molar-refractivity contribution in [2.75, 3.05) is 49.2 Å². The number of aryl methyl sites for hydroxylation is 1. The Bertz CT molecular complexity index is 1830. The predicted molar refractivity (Wildman–Crippen MR) is 155 cm³/mol. The molecule has 0 fully saturated rings. The Morgan fingerprint density at radius 2 is 1.06 bits per heavy atom. The van der Waals surface area contributed by atoms with Crippen LogP contribution >= 0.6 is 0 Å². The second-order valence-corrected chi connectivity index (χ2v) is 10.3. The number of H-pyrrole nitrogens is 1. The number of carboxylic acid groups (broad SMARTS) is 5. The summed E-state index contributed by atoms with van der Waals surface area (Å²) in [6, 6.07) is 15.3. The molecule has 1 N–H and O–H groups in total. The van der Waals surface area contributed by atoms with E-state index in [0.717, 1.165) is 9.80 Å². The Hall–Kier alpha value is 1.93. The molecule has 0 atom stereocenters. The molecule has 0 saturated heterocycles. The van der Waals surface area contributed by atoms with Gasteiger partial charge in [-0.25, -0.2) is 0 Å². The van der Waals surface area contributed by atoms with Crippen molar-refractivity contribution in [3.8, 4) is 22.8 Å². The smallest absolute Gasteiger partial charge is 0.548 e. The molecule has 0 aliphatic carbocycles. The number of benzene rings is 3. The zero-order valence-electron chi connectivity index (χ0n) is 29.8. The number of aromatic nitrogens is 1. The van der Waals surface area contributed by atoms with Crippen molar-refractivity contribution in [3.05, 3.63) is 71.8 Å². The molecule has 0 aliphatic heterocycles. The second kappa shape index (κ2) is 27.6. The fourth-order valence-electron chi connectivity index (χ4n) is 4.85. The Morgan fingerprint density at radius 3 is 1.52 bits per heavy atom. The number of aliphatic carboxylic acids is 4. The number of carbonyl (C=O) groups excluding carboxylic acids is 5. The number of aromatic amines is 1. The number of rotatable bonds is 17. The van der Waals surface area contributed by atoms with Crippen LogP contribution in [0.25, 0.3) is 22.2 Å². The van der Waals surface area contributed by atoms with Crippen LogP contribution in [0.15, 0.2) is 60.7 Å². The number of fused-ring (bicyclic) bond motifs is 1. The van der Waals surface area contributed by atoms with Crippen LogP contribution in [0.4, 0.5) is 11.4 Å². The van der Waals surface area contributed by atoms with Crippen LogP contribution < -0.4 is 302 Å². The van der Waals surface area contributed by atoms with E-state index in [2.05, 4.69) is 4.98 Å². The quantitative estimate of drug-likeness (QED) is 0.0768. The predicted octanol–water partition coefficient (Wildman–Crippen LogP) is -18.4. The zero-order valence-corrected chi connectivity index (χ0v) is 45.4. The van der Waals surface area contributed by atoms with Crippen LogP contribution in [0.5, 0.6) is 11.5 Å². The SMILES string of the molecule is Cc1ccc(N(CC(=O)[O-])CC(=O)[O-])c(OCCOc2cc(-c3cc4ccc(C(=O)[O-])cc4[nH]3)ccc2N(CC(=O)[O-])CC(=O)[O-])c1.[K+].[K+].[K+].[K+].[K+]. The molecule has 0 aliphatic rings. The van der Waals surface area contributed by atoms with Gasteiger partial charge in [0.1, 0.15) is 24.7 Å². The van der Waals surface area contributed by atoms with E-state index >= 15 is 0 Å². The number of hydrogen-bond donors (Lipinski definition) is 1. The number of carbonyl (C=O) groups is 5. The van der Waals surface area contributed by atoms with Crippen LogP contribution in [0.2, 0.25) is 0 Å². The summed E-state index contributed by atoms with van der Waals surface area (Å²) in [5.41, 5.74) is 2.43. The van der Waals surface area contributed by atoms with E-state index in [-0.39, 0.29) is 299 Å². The van der Waals surface area contributed by atoms with E-state index in [4.69, 9.17) is 9.47 Å². The van der Waals surface area contributed by atoms with Gasteiger partial charge in [-0.2, -0.15) is 0 Å². The molecule has 52 heavy (non-hydrogen) atoms.